The van der Waals surface area contributed by atoms with Gasteiger partial charge in [0.05, 0.1) is 12.5 Å². The molecule has 0 amide bonds. The fraction of sp³-hybridized carbons (Fsp3) is 0.308. The lowest BCUT2D eigenvalue weighted by Crippen LogP contribution is -2.22. The lowest BCUT2D eigenvalue weighted by Gasteiger charge is -2.14. The number of hydrogen-bond donors (Lipinski definition) is 2. The zero-order valence-corrected chi connectivity index (χ0v) is 13.6. The van der Waals surface area contributed by atoms with Gasteiger partial charge in [0, 0.05) is 25.6 Å². The standard InChI is InChI=1S/C13H14BrNO2S2/c1-8-10(14)5-9(19-8)7-15-11(6-13(16)17)12-3-2-4-18-12/h2-5,11,15H,6-7H2,1H3,(H,16,17). The van der Waals surface area contributed by atoms with E-state index in [1.54, 1.807) is 22.7 Å². The first kappa shape index (κ1) is 14.7. The first-order chi connectivity index (χ1) is 9.06. The number of thiophene rings is 2. The maximum atomic E-state index is 10.9. The molecule has 0 bridgehead atoms. The highest BCUT2D eigenvalue weighted by Gasteiger charge is 2.16. The molecule has 0 radical (unpaired) electrons. The highest BCUT2D eigenvalue weighted by molar-refractivity contribution is 9.10. The van der Waals surface area contributed by atoms with Gasteiger partial charge >= 0.3 is 5.97 Å². The summed E-state index contributed by atoms with van der Waals surface area (Å²) in [6.07, 6.45) is 0.103. The van der Waals surface area contributed by atoms with Crippen molar-refractivity contribution in [2.24, 2.45) is 0 Å². The molecule has 6 heteroatoms. The summed E-state index contributed by atoms with van der Waals surface area (Å²) in [5.74, 6) is -0.783. The molecule has 0 spiro atoms. The minimum absolute atomic E-state index is 0.103. The Bertz CT molecular complexity index is 531. The third-order valence-corrected chi connectivity index (χ3v) is 5.82. The van der Waals surface area contributed by atoms with Gasteiger partial charge in [-0.2, -0.15) is 0 Å². The van der Waals surface area contributed by atoms with Crippen LogP contribution in [0.3, 0.4) is 0 Å². The predicted octanol–water partition coefficient (Wildman–Crippen LogP) is 4.19. The van der Waals surface area contributed by atoms with Crippen molar-refractivity contribution in [1.82, 2.24) is 5.32 Å². The quantitative estimate of drug-likeness (QED) is 0.812. The number of carboxylic acid groups (broad SMARTS) is 1. The second-order valence-corrected chi connectivity index (χ2v) is 7.34. The minimum atomic E-state index is -0.783. The summed E-state index contributed by atoms with van der Waals surface area (Å²) in [6.45, 7) is 2.75. The highest BCUT2D eigenvalue weighted by Crippen LogP contribution is 2.28. The molecular formula is C13H14BrNO2S2. The van der Waals surface area contributed by atoms with Crippen LogP contribution >= 0.6 is 38.6 Å². The first-order valence-corrected chi connectivity index (χ1v) is 8.28. The average molecular weight is 360 g/mol. The number of halogens is 1. The third kappa shape index (κ3) is 4.14. The van der Waals surface area contributed by atoms with Crippen LogP contribution in [0.2, 0.25) is 0 Å². The number of aryl methyl sites for hydroxylation is 1. The number of hydrogen-bond acceptors (Lipinski definition) is 4. The van der Waals surface area contributed by atoms with E-state index >= 15 is 0 Å². The number of carbonyl (C=O) groups is 1. The third-order valence-electron chi connectivity index (χ3n) is 2.70. The smallest absolute Gasteiger partial charge is 0.305 e. The van der Waals surface area contributed by atoms with Crippen molar-refractivity contribution >= 4 is 44.6 Å². The normalized spacial score (nSPS) is 12.5. The van der Waals surface area contributed by atoms with E-state index in [0.29, 0.717) is 6.54 Å². The van der Waals surface area contributed by atoms with Gasteiger partial charge in [-0.3, -0.25) is 4.79 Å². The van der Waals surface area contributed by atoms with Crippen LogP contribution in [-0.2, 0) is 11.3 Å². The van der Waals surface area contributed by atoms with E-state index in [4.69, 9.17) is 5.11 Å². The summed E-state index contributed by atoms with van der Waals surface area (Å²) in [7, 11) is 0. The summed E-state index contributed by atoms with van der Waals surface area (Å²) in [5.41, 5.74) is 0. The van der Waals surface area contributed by atoms with Gasteiger partial charge in [-0.15, -0.1) is 22.7 Å². The molecule has 2 N–H and O–H groups in total. The molecule has 1 atom stereocenters. The lowest BCUT2D eigenvalue weighted by atomic mass is 10.1. The van der Waals surface area contributed by atoms with E-state index in [9.17, 15) is 4.79 Å². The van der Waals surface area contributed by atoms with Crippen molar-refractivity contribution < 1.29 is 9.90 Å². The van der Waals surface area contributed by atoms with Crippen molar-refractivity contribution in [1.29, 1.82) is 0 Å². The molecule has 0 aliphatic rings. The number of rotatable bonds is 6. The number of aliphatic carboxylic acids is 1. The lowest BCUT2D eigenvalue weighted by molar-refractivity contribution is -0.137. The molecule has 1 unspecified atom stereocenters. The van der Waals surface area contributed by atoms with Crippen LogP contribution in [0.4, 0.5) is 0 Å². The molecule has 2 heterocycles. The van der Waals surface area contributed by atoms with Gasteiger partial charge in [0.2, 0.25) is 0 Å². The Morgan fingerprint density at radius 2 is 2.37 bits per heavy atom. The van der Waals surface area contributed by atoms with Crippen molar-refractivity contribution in [3.8, 4) is 0 Å². The van der Waals surface area contributed by atoms with E-state index < -0.39 is 5.97 Å². The van der Waals surface area contributed by atoms with Gasteiger partial charge in [-0.1, -0.05) is 6.07 Å². The Balaban J connectivity index is 2.02. The van der Waals surface area contributed by atoms with Gasteiger partial charge in [0.15, 0.2) is 0 Å². The second kappa shape index (κ2) is 6.65. The van der Waals surface area contributed by atoms with Crippen molar-refractivity contribution in [3.63, 3.8) is 0 Å². The van der Waals surface area contributed by atoms with E-state index in [1.807, 2.05) is 17.5 Å². The Hall–Kier alpha value is -0.690. The molecule has 0 aliphatic heterocycles. The van der Waals surface area contributed by atoms with Gasteiger partial charge in [-0.25, -0.2) is 0 Å². The molecule has 2 aromatic rings. The molecule has 0 aromatic carbocycles. The van der Waals surface area contributed by atoms with E-state index in [1.165, 1.54) is 9.75 Å². The monoisotopic (exact) mass is 359 g/mol. The van der Waals surface area contributed by atoms with Crippen molar-refractivity contribution in [2.75, 3.05) is 0 Å². The fourth-order valence-corrected chi connectivity index (χ4v) is 4.12. The van der Waals surface area contributed by atoms with Gasteiger partial charge in [-0.05, 0) is 40.4 Å². The van der Waals surface area contributed by atoms with Crippen LogP contribution in [-0.4, -0.2) is 11.1 Å². The number of nitrogens with one attached hydrogen (secondary N) is 1. The van der Waals surface area contributed by atoms with Crippen LogP contribution in [0.5, 0.6) is 0 Å². The topological polar surface area (TPSA) is 49.3 Å². The van der Waals surface area contributed by atoms with Crippen LogP contribution in [0, 0.1) is 6.92 Å². The molecule has 0 saturated heterocycles. The zero-order valence-electron chi connectivity index (χ0n) is 10.4. The molecule has 0 saturated carbocycles. The highest BCUT2D eigenvalue weighted by atomic mass is 79.9. The second-order valence-electron chi connectivity index (χ2n) is 4.16. The molecule has 3 nitrogen and oxygen atoms in total. The largest absolute Gasteiger partial charge is 0.481 e. The summed E-state index contributed by atoms with van der Waals surface area (Å²) in [4.78, 5) is 14.4. The van der Waals surface area contributed by atoms with E-state index in [0.717, 1.165) is 9.35 Å². The van der Waals surface area contributed by atoms with Crippen LogP contribution in [0.1, 0.15) is 27.1 Å². The fourth-order valence-electron chi connectivity index (χ4n) is 1.77. The van der Waals surface area contributed by atoms with Gasteiger partial charge in [0.25, 0.3) is 0 Å². The van der Waals surface area contributed by atoms with E-state index in [2.05, 4.69) is 34.2 Å². The van der Waals surface area contributed by atoms with Crippen molar-refractivity contribution in [2.45, 2.75) is 25.9 Å². The van der Waals surface area contributed by atoms with Crippen LogP contribution < -0.4 is 5.32 Å². The summed E-state index contributed by atoms with van der Waals surface area (Å²) >= 11 is 6.80. The predicted molar refractivity (Wildman–Crippen MR) is 82.9 cm³/mol. The summed E-state index contributed by atoms with van der Waals surface area (Å²) in [5, 5.41) is 14.3. The van der Waals surface area contributed by atoms with Gasteiger partial charge in [0.1, 0.15) is 0 Å². The molecule has 2 rings (SSSR count). The molecule has 102 valence electrons. The Morgan fingerprint density at radius 1 is 1.58 bits per heavy atom. The molecule has 0 aliphatic carbocycles. The minimum Gasteiger partial charge on any atom is -0.481 e. The Labute approximate surface area is 128 Å². The number of carboxylic acids is 1. The van der Waals surface area contributed by atoms with Crippen LogP contribution in [0.25, 0.3) is 0 Å². The van der Waals surface area contributed by atoms with E-state index in [-0.39, 0.29) is 12.5 Å². The Morgan fingerprint density at radius 3 is 2.89 bits per heavy atom. The summed E-state index contributed by atoms with van der Waals surface area (Å²) in [6, 6.07) is 5.88. The van der Waals surface area contributed by atoms with Crippen LogP contribution in [0.15, 0.2) is 28.1 Å². The molecule has 2 aromatic heterocycles. The zero-order chi connectivity index (χ0) is 13.8. The van der Waals surface area contributed by atoms with Gasteiger partial charge < -0.3 is 10.4 Å². The molecular weight excluding hydrogens is 346 g/mol. The van der Waals surface area contributed by atoms with Crippen molar-refractivity contribution in [3.05, 3.63) is 42.7 Å². The first-order valence-electron chi connectivity index (χ1n) is 5.79. The SMILES string of the molecule is Cc1sc(CNC(CC(=O)O)c2cccs2)cc1Br. The molecule has 0 fully saturated rings. The maximum absolute atomic E-state index is 10.9. The summed E-state index contributed by atoms with van der Waals surface area (Å²) < 4.78 is 1.11. The Kier molecular flexibility index (Phi) is 5.15. The molecule has 19 heavy (non-hydrogen) atoms. The maximum Gasteiger partial charge on any atom is 0.305 e. The average Bonchev–Trinajstić information content (AvgIpc) is 2.95.